The van der Waals surface area contributed by atoms with Gasteiger partial charge < -0.3 is 0 Å². The minimum atomic E-state index is -2.04. The molecule has 0 atom stereocenters. The summed E-state index contributed by atoms with van der Waals surface area (Å²) in [6.45, 7) is 4.68. The molecule has 3 aromatic rings. The molecule has 0 nitrogen and oxygen atoms in total. The fraction of sp³-hybridized carbons (Fsp3) is 0.545. The van der Waals surface area contributed by atoms with Crippen LogP contribution in [-0.4, -0.2) is 36.8 Å². The molecule has 1 aromatic carbocycles. The first-order valence-electron chi connectivity index (χ1n) is 10.1. The molecule has 3 rings (SSSR count). The Morgan fingerprint density at radius 3 is 1.27 bits per heavy atom. The normalized spacial score (nSPS) is 13.2. The van der Waals surface area contributed by atoms with Crippen molar-refractivity contribution in [1.29, 1.82) is 0 Å². The van der Waals surface area contributed by atoms with Crippen molar-refractivity contribution in [3.63, 3.8) is 0 Å². The van der Waals surface area contributed by atoms with Crippen molar-refractivity contribution in [3.05, 3.63) is 23.3 Å². The number of thiophene rings is 2. The molecule has 0 bridgehead atoms. The zero-order valence-electron chi connectivity index (χ0n) is 17.8. The van der Waals surface area contributed by atoms with Gasteiger partial charge in [-0.2, -0.15) is 0 Å². The van der Waals surface area contributed by atoms with Crippen molar-refractivity contribution < 1.29 is 0 Å². The predicted molar refractivity (Wildman–Crippen MR) is 131 cm³/mol. The maximum atomic E-state index is 2.62. The summed E-state index contributed by atoms with van der Waals surface area (Å²) in [6, 6.07) is 5.25. The SMILES string of the molecule is CCCc1c2c[c]([Sn]([CH3])([CH3])[CH3])sc2c(CCC)c2c[c]([Sn]([CH3])([CH3])[CH3])sc12. The van der Waals surface area contributed by atoms with Crippen LogP contribution in [-0.2, 0) is 12.8 Å². The Hall–Kier alpha value is 0.737. The van der Waals surface area contributed by atoms with Gasteiger partial charge in [-0.25, -0.2) is 0 Å². The summed E-state index contributed by atoms with van der Waals surface area (Å²) in [6.07, 6.45) is 4.95. The fourth-order valence-corrected chi connectivity index (χ4v) is 16.6. The van der Waals surface area contributed by atoms with Crippen molar-refractivity contribution in [1.82, 2.24) is 0 Å². The van der Waals surface area contributed by atoms with Gasteiger partial charge >= 0.3 is 178 Å². The van der Waals surface area contributed by atoms with E-state index in [2.05, 4.69) is 78.3 Å². The van der Waals surface area contributed by atoms with E-state index in [0.29, 0.717) is 0 Å². The van der Waals surface area contributed by atoms with Gasteiger partial charge in [0, 0.05) is 0 Å². The average Bonchev–Trinajstić information content (AvgIpc) is 3.14. The van der Waals surface area contributed by atoms with Crippen molar-refractivity contribution in [2.75, 3.05) is 0 Å². The second kappa shape index (κ2) is 7.87. The summed E-state index contributed by atoms with van der Waals surface area (Å²) in [4.78, 5) is 15.4. The summed E-state index contributed by atoms with van der Waals surface area (Å²) in [7, 11) is 0. The van der Waals surface area contributed by atoms with E-state index in [9.17, 15) is 0 Å². The summed E-state index contributed by atoms with van der Waals surface area (Å²) in [5.74, 6) is 0. The molecule has 0 radical (unpaired) electrons. The van der Waals surface area contributed by atoms with Gasteiger partial charge in [0.15, 0.2) is 0 Å². The quantitative estimate of drug-likeness (QED) is 0.265. The van der Waals surface area contributed by atoms with Crippen LogP contribution < -0.4 is 5.79 Å². The van der Waals surface area contributed by atoms with Gasteiger partial charge in [0.05, 0.1) is 0 Å². The molecular formula is C22H34S2Sn2. The number of rotatable bonds is 6. The zero-order chi connectivity index (χ0) is 19.3. The van der Waals surface area contributed by atoms with Crippen LogP contribution in [0.4, 0.5) is 0 Å². The molecular weight excluding hydrogens is 566 g/mol. The van der Waals surface area contributed by atoms with Gasteiger partial charge in [-0.15, -0.1) is 0 Å². The van der Waals surface area contributed by atoms with Crippen LogP contribution in [0.3, 0.4) is 0 Å². The second-order valence-corrected chi connectivity index (χ2v) is 42.6. The summed E-state index contributed by atoms with van der Waals surface area (Å²) < 4.78 is 6.77. The summed E-state index contributed by atoms with van der Waals surface area (Å²) in [5, 5.41) is 3.24. The molecule has 0 spiro atoms. The average molecular weight is 600 g/mol. The van der Waals surface area contributed by atoms with Gasteiger partial charge in [-0.3, -0.25) is 0 Å². The van der Waals surface area contributed by atoms with Crippen molar-refractivity contribution in [2.45, 2.75) is 69.2 Å². The monoisotopic (exact) mass is 602 g/mol. The predicted octanol–water partition coefficient (Wildman–Crippen LogP) is 7.11. The van der Waals surface area contributed by atoms with Gasteiger partial charge in [-0.1, -0.05) is 0 Å². The molecule has 0 unspecified atom stereocenters. The third-order valence-corrected chi connectivity index (χ3v) is 26.4. The van der Waals surface area contributed by atoms with Gasteiger partial charge in [0.1, 0.15) is 0 Å². The van der Waals surface area contributed by atoms with Crippen LogP contribution >= 0.6 is 22.7 Å². The first kappa shape index (κ1) is 21.4. The first-order chi connectivity index (χ1) is 12.1. The van der Waals surface area contributed by atoms with E-state index < -0.39 is 36.8 Å². The van der Waals surface area contributed by atoms with Crippen molar-refractivity contribution in [2.24, 2.45) is 0 Å². The minimum absolute atomic E-state index is 1.23. The number of hydrogen-bond acceptors (Lipinski definition) is 2. The molecule has 2 heterocycles. The van der Waals surface area contributed by atoms with Crippen LogP contribution in [0.15, 0.2) is 12.1 Å². The van der Waals surface area contributed by atoms with Crippen LogP contribution in [0.2, 0.25) is 29.6 Å². The van der Waals surface area contributed by atoms with Crippen molar-refractivity contribution in [3.8, 4) is 0 Å². The first-order valence-corrected chi connectivity index (χ1v) is 31.7. The standard InChI is InChI=1S/C16H16S2.6CH3.2Sn/c1-3-5-11-13-7-9-18-16(13)12(6-4-2)14-8-10-17-15(11)14;;;;;;;;/h7-8H,3-6H2,1-2H3;6*1H3;;. The molecule has 4 heteroatoms. The summed E-state index contributed by atoms with van der Waals surface area (Å²) >= 11 is 0.230. The third kappa shape index (κ3) is 4.04. The van der Waals surface area contributed by atoms with Gasteiger partial charge in [0.2, 0.25) is 0 Å². The van der Waals surface area contributed by atoms with Crippen molar-refractivity contribution >= 4 is 85.4 Å². The van der Waals surface area contributed by atoms with Crippen LogP contribution in [0.25, 0.3) is 20.2 Å². The topological polar surface area (TPSA) is 0 Å². The van der Waals surface area contributed by atoms with E-state index in [4.69, 9.17) is 0 Å². The van der Waals surface area contributed by atoms with Crippen LogP contribution in [0.1, 0.15) is 37.8 Å². The van der Waals surface area contributed by atoms with E-state index in [1.54, 1.807) is 37.1 Å². The van der Waals surface area contributed by atoms with E-state index in [-0.39, 0.29) is 0 Å². The van der Waals surface area contributed by atoms with E-state index in [1.807, 2.05) is 0 Å². The second-order valence-electron chi connectivity index (χ2n) is 9.66. The Kier molecular flexibility index (Phi) is 6.49. The fourth-order valence-electron chi connectivity index (χ4n) is 3.66. The van der Waals surface area contributed by atoms with Gasteiger partial charge in [0.25, 0.3) is 0 Å². The number of benzene rings is 1. The molecule has 0 amide bonds. The maximum absolute atomic E-state index is 2.62. The molecule has 0 aliphatic carbocycles. The Balaban J connectivity index is 2.43. The Morgan fingerprint density at radius 1 is 0.654 bits per heavy atom. The molecule has 0 aliphatic heterocycles. The number of fused-ring (bicyclic) bond motifs is 2. The molecule has 0 N–H and O–H groups in total. The number of aryl methyl sites for hydroxylation is 2. The number of hydrogen-bond donors (Lipinski definition) is 0. The third-order valence-electron chi connectivity index (χ3n) is 5.14. The van der Waals surface area contributed by atoms with Crippen LogP contribution in [0.5, 0.6) is 0 Å². The van der Waals surface area contributed by atoms with E-state index in [0.717, 1.165) is 0 Å². The molecule has 0 saturated carbocycles. The zero-order valence-corrected chi connectivity index (χ0v) is 25.1. The Morgan fingerprint density at radius 2 is 1.00 bits per heavy atom. The summed E-state index contributed by atoms with van der Waals surface area (Å²) in [5.41, 5.74) is 3.34. The van der Waals surface area contributed by atoms with E-state index >= 15 is 0 Å². The van der Waals surface area contributed by atoms with Crippen LogP contribution in [0, 0.1) is 0 Å². The van der Waals surface area contributed by atoms with Gasteiger partial charge in [-0.05, 0) is 0 Å². The molecule has 2 aromatic heterocycles. The molecule has 0 aliphatic rings. The Bertz CT molecular complexity index is 802. The molecule has 0 saturated heterocycles. The molecule has 142 valence electrons. The van der Waals surface area contributed by atoms with E-state index in [1.165, 1.54) is 25.7 Å². The molecule has 0 fully saturated rings. The Labute approximate surface area is 176 Å². The molecule has 26 heavy (non-hydrogen) atoms.